The highest BCUT2D eigenvalue weighted by atomic mass is 32.1. The van der Waals surface area contributed by atoms with Gasteiger partial charge in [0, 0.05) is 16.8 Å². The van der Waals surface area contributed by atoms with Gasteiger partial charge in [0.25, 0.3) is 0 Å². The van der Waals surface area contributed by atoms with Crippen LogP contribution in [0.4, 0.5) is 10.5 Å². The van der Waals surface area contributed by atoms with Gasteiger partial charge in [-0.1, -0.05) is 18.2 Å². The average molecular weight is 359 g/mol. The van der Waals surface area contributed by atoms with Crippen molar-refractivity contribution in [2.24, 2.45) is 11.8 Å². The molecular weight excluding hydrogens is 338 g/mol. The number of carbonyl (C=O) groups is 2. The van der Waals surface area contributed by atoms with Gasteiger partial charge >= 0.3 is 6.09 Å². The molecular formula is C18H21N3O3S. The monoisotopic (exact) mass is 359 g/mol. The van der Waals surface area contributed by atoms with Crippen molar-refractivity contribution in [3.05, 3.63) is 41.8 Å². The smallest absolute Gasteiger partial charge is 0.404 e. The van der Waals surface area contributed by atoms with Crippen LogP contribution in [0.5, 0.6) is 0 Å². The number of anilines is 1. The molecule has 0 saturated heterocycles. The summed E-state index contributed by atoms with van der Waals surface area (Å²) in [5.74, 6) is 5.81. The minimum atomic E-state index is -1.01. The quantitative estimate of drug-likeness (QED) is 0.443. The summed E-state index contributed by atoms with van der Waals surface area (Å²) in [4.78, 5) is 24.5. The topological polar surface area (TPSA) is 95.7 Å². The molecule has 0 spiro atoms. The molecule has 7 heteroatoms. The Morgan fingerprint density at radius 1 is 1.16 bits per heavy atom. The molecule has 0 aliphatic heterocycles. The summed E-state index contributed by atoms with van der Waals surface area (Å²) in [5.41, 5.74) is 1.70. The molecule has 4 N–H and O–H groups in total. The van der Waals surface area contributed by atoms with Crippen molar-refractivity contribution in [3.8, 4) is 10.4 Å². The molecule has 1 saturated carbocycles. The Labute approximate surface area is 150 Å². The first kappa shape index (κ1) is 17.4. The van der Waals surface area contributed by atoms with E-state index in [1.807, 2.05) is 41.8 Å². The maximum atomic E-state index is 12.7. The molecule has 1 aromatic carbocycles. The largest absolute Gasteiger partial charge is 0.465 e. The number of rotatable bonds is 4. The second-order valence-corrected chi connectivity index (χ2v) is 7.18. The Balaban J connectivity index is 1.65. The number of thiophene rings is 1. The lowest BCUT2D eigenvalue weighted by atomic mass is 9.85. The lowest BCUT2D eigenvalue weighted by molar-refractivity contribution is -0.123. The molecule has 1 aromatic heterocycles. The molecule has 6 nitrogen and oxygen atoms in total. The first-order chi connectivity index (χ1) is 12.0. The van der Waals surface area contributed by atoms with E-state index in [-0.39, 0.29) is 17.9 Å². The molecule has 0 atom stereocenters. The van der Waals surface area contributed by atoms with E-state index in [1.165, 1.54) is 5.01 Å². The van der Waals surface area contributed by atoms with Crippen LogP contribution in [-0.4, -0.2) is 23.1 Å². The third-order valence-corrected chi connectivity index (χ3v) is 5.49. The Hall–Kier alpha value is -2.38. The number of carbonyl (C=O) groups excluding carboxylic acids is 1. The van der Waals surface area contributed by atoms with Crippen LogP contribution in [0.25, 0.3) is 10.4 Å². The average Bonchev–Trinajstić information content (AvgIpc) is 3.15. The molecule has 1 aliphatic carbocycles. The van der Waals surface area contributed by atoms with Crippen molar-refractivity contribution in [3.63, 3.8) is 0 Å². The Morgan fingerprint density at radius 3 is 2.56 bits per heavy atom. The summed E-state index contributed by atoms with van der Waals surface area (Å²) in [5, 5.41) is 14.5. The molecule has 3 rings (SSSR count). The predicted octanol–water partition coefficient (Wildman–Crippen LogP) is 3.45. The van der Waals surface area contributed by atoms with E-state index in [4.69, 9.17) is 10.9 Å². The molecule has 0 radical (unpaired) electrons. The minimum absolute atomic E-state index is 0.0741. The van der Waals surface area contributed by atoms with Crippen LogP contribution in [0, 0.1) is 5.92 Å². The number of carboxylic acid groups (broad SMARTS) is 1. The molecule has 2 aromatic rings. The van der Waals surface area contributed by atoms with E-state index >= 15 is 0 Å². The number of benzene rings is 1. The molecule has 2 amide bonds. The molecule has 1 heterocycles. The van der Waals surface area contributed by atoms with Gasteiger partial charge in [-0.3, -0.25) is 4.79 Å². The summed E-state index contributed by atoms with van der Waals surface area (Å²) >= 11 is 1.64. The van der Waals surface area contributed by atoms with Crippen LogP contribution in [0.1, 0.15) is 25.7 Å². The lowest BCUT2D eigenvalue weighted by Crippen LogP contribution is -2.45. The Morgan fingerprint density at radius 2 is 1.92 bits per heavy atom. The number of amides is 2. The number of hydrogen-bond acceptors (Lipinski definition) is 4. The fourth-order valence-electron chi connectivity index (χ4n) is 3.24. The second kappa shape index (κ2) is 7.67. The standard InChI is InChI=1S/C18H21N3O3S/c19-21(15-4-1-3-13(11-15)16-5-2-10-25-16)17(22)12-6-8-14(9-7-12)20-18(23)24/h1-5,10-12,14,20H,6-9,19H2,(H,23,24). The van der Waals surface area contributed by atoms with Gasteiger partial charge in [-0.05, 0) is 54.8 Å². The van der Waals surface area contributed by atoms with E-state index in [2.05, 4.69) is 5.32 Å². The highest BCUT2D eigenvalue weighted by Gasteiger charge is 2.29. The van der Waals surface area contributed by atoms with E-state index < -0.39 is 6.09 Å². The second-order valence-electron chi connectivity index (χ2n) is 6.23. The van der Waals surface area contributed by atoms with Gasteiger partial charge in [0.05, 0.1) is 5.69 Å². The number of nitrogens with two attached hydrogens (primary N) is 1. The van der Waals surface area contributed by atoms with Gasteiger partial charge in [0.2, 0.25) is 5.91 Å². The lowest BCUT2D eigenvalue weighted by Gasteiger charge is -2.30. The maximum Gasteiger partial charge on any atom is 0.404 e. The molecule has 0 bridgehead atoms. The van der Waals surface area contributed by atoms with Crippen LogP contribution < -0.4 is 16.2 Å². The van der Waals surface area contributed by atoms with Crippen LogP contribution in [-0.2, 0) is 4.79 Å². The number of nitrogens with zero attached hydrogens (tertiary/aromatic N) is 1. The van der Waals surface area contributed by atoms with Gasteiger partial charge in [0.1, 0.15) is 0 Å². The predicted molar refractivity (Wildman–Crippen MR) is 98.3 cm³/mol. The number of hydrogen-bond donors (Lipinski definition) is 3. The fraction of sp³-hybridized carbons (Fsp3) is 0.333. The normalized spacial score (nSPS) is 20.0. The highest BCUT2D eigenvalue weighted by Crippen LogP contribution is 2.30. The van der Waals surface area contributed by atoms with E-state index in [0.717, 1.165) is 10.4 Å². The Kier molecular flexibility index (Phi) is 5.35. The van der Waals surface area contributed by atoms with Crippen molar-refractivity contribution < 1.29 is 14.7 Å². The molecule has 25 heavy (non-hydrogen) atoms. The summed E-state index contributed by atoms with van der Waals surface area (Å²) in [7, 11) is 0. The molecule has 1 aliphatic rings. The third-order valence-electron chi connectivity index (χ3n) is 4.57. The van der Waals surface area contributed by atoms with Crippen LogP contribution >= 0.6 is 11.3 Å². The number of hydrazine groups is 1. The zero-order valence-electron chi connectivity index (χ0n) is 13.7. The van der Waals surface area contributed by atoms with E-state index in [1.54, 1.807) is 11.3 Å². The molecule has 1 fully saturated rings. The van der Waals surface area contributed by atoms with Crippen LogP contribution in [0.3, 0.4) is 0 Å². The van der Waals surface area contributed by atoms with Crippen LogP contribution in [0.2, 0.25) is 0 Å². The first-order valence-corrected chi connectivity index (χ1v) is 9.14. The summed E-state index contributed by atoms with van der Waals surface area (Å²) in [6.07, 6.45) is 1.59. The van der Waals surface area contributed by atoms with Crippen molar-refractivity contribution in [1.82, 2.24) is 5.32 Å². The third kappa shape index (κ3) is 4.18. The minimum Gasteiger partial charge on any atom is -0.465 e. The van der Waals surface area contributed by atoms with Gasteiger partial charge in [-0.2, -0.15) is 0 Å². The SMILES string of the molecule is NN(C(=O)C1CCC(NC(=O)O)CC1)c1cccc(-c2cccs2)c1. The molecule has 132 valence electrons. The van der Waals surface area contributed by atoms with Gasteiger partial charge in [-0.25, -0.2) is 15.6 Å². The van der Waals surface area contributed by atoms with Gasteiger partial charge in [0.15, 0.2) is 0 Å². The highest BCUT2D eigenvalue weighted by molar-refractivity contribution is 7.13. The van der Waals surface area contributed by atoms with Gasteiger partial charge in [-0.15, -0.1) is 11.3 Å². The van der Waals surface area contributed by atoms with Crippen molar-refractivity contribution in [1.29, 1.82) is 0 Å². The van der Waals surface area contributed by atoms with Crippen molar-refractivity contribution in [2.75, 3.05) is 5.01 Å². The summed E-state index contributed by atoms with van der Waals surface area (Å²) < 4.78 is 0. The summed E-state index contributed by atoms with van der Waals surface area (Å²) in [6, 6.07) is 11.6. The van der Waals surface area contributed by atoms with E-state index in [9.17, 15) is 9.59 Å². The van der Waals surface area contributed by atoms with Crippen molar-refractivity contribution >= 4 is 29.0 Å². The van der Waals surface area contributed by atoms with Crippen molar-refractivity contribution in [2.45, 2.75) is 31.7 Å². The zero-order chi connectivity index (χ0) is 17.8. The van der Waals surface area contributed by atoms with Gasteiger partial charge < -0.3 is 10.4 Å². The Bertz CT molecular complexity index is 740. The summed E-state index contributed by atoms with van der Waals surface area (Å²) in [6.45, 7) is 0. The number of nitrogens with one attached hydrogen (secondary N) is 1. The fourth-order valence-corrected chi connectivity index (χ4v) is 3.96. The molecule has 0 unspecified atom stereocenters. The zero-order valence-corrected chi connectivity index (χ0v) is 14.5. The van der Waals surface area contributed by atoms with E-state index in [0.29, 0.717) is 31.4 Å². The maximum absolute atomic E-state index is 12.7. The van der Waals surface area contributed by atoms with Crippen LogP contribution in [0.15, 0.2) is 41.8 Å². The first-order valence-electron chi connectivity index (χ1n) is 8.26.